The monoisotopic (exact) mass is 209 g/mol. The summed E-state index contributed by atoms with van der Waals surface area (Å²) in [4.78, 5) is 2.02. The van der Waals surface area contributed by atoms with Crippen molar-refractivity contribution >= 4 is 23.4 Å². The lowest BCUT2D eigenvalue weighted by atomic mass is 10.3. The first-order valence-corrected chi connectivity index (χ1v) is 2.82. The first kappa shape index (κ1) is 11.3. The molecule has 0 aliphatic heterocycles. The second kappa shape index (κ2) is 3.38. The third-order valence-corrected chi connectivity index (χ3v) is 0.824. The minimum absolute atomic E-state index is 0.0241. The van der Waals surface area contributed by atoms with Gasteiger partial charge in [0.1, 0.15) is 0 Å². The van der Waals surface area contributed by atoms with Crippen LogP contribution in [-0.4, -0.2) is 23.6 Å². The minimum Gasteiger partial charge on any atom is -0.236 e. The maximum absolute atomic E-state index is 11.5. The maximum Gasteiger partial charge on any atom is 0.438 e. The fraction of sp³-hybridized carbons (Fsp3) is 0.500. The van der Waals surface area contributed by atoms with E-state index in [0.29, 0.717) is 0 Å². The Kier molecular flexibility index (Phi) is 3.19. The number of hydrogen-bond donors (Lipinski definition) is 0. The van der Waals surface area contributed by atoms with Gasteiger partial charge in [-0.15, -0.1) is 0 Å². The third kappa shape index (κ3) is 3.16. The average molecular weight is 209 g/mol. The summed E-state index contributed by atoms with van der Waals surface area (Å²) in [5, 5.41) is 0. The molecule has 70 valence electrons. The molecule has 0 atom stereocenters. The van der Waals surface area contributed by atoms with Crippen LogP contribution in [0.4, 0.5) is 26.3 Å². The summed E-state index contributed by atoms with van der Waals surface area (Å²) in [5.74, 6) is 0. The molecule has 0 aromatic rings. The number of aliphatic imine (C=N–C) groups is 1. The Morgan fingerprint density at radius 2 is 1.33 bits per heavy atom. The van der Waals surface area contributed by atoms with Gasteiger partial charge in [0.15, 0.2) is 0 Å². The van der Waals surface area contributed by atoms with Gasteiger partial charge < -0.3 is 0 Å². The van der Waals surface area contributed by atoms with Gasteiger partial charge >= 0.3 is 12.4 Å². The van der Waals surface area contributed by atoms with Gasteiger partial charge in [0.05, 0.1) is 5.49 Å². The number of nitrogens with zero attached hydrogens (tertiary/aromatic N) is 1. The van der Waals surface area contributed by atoms with E-state index in [9.17, 15) is 26.3 Å². The zero-order chi connectivity index (χ0) is 9.99. The van der Waals surface area contributed by atoms with E-state index >= 15 is 0 Å². The van der Waals surface area contributed by atoms with Crippen LogP contribution >= 0.6 is 12.2 Å². The van der Waals surface area contributed by atoms with Crippen LogP contribution in [-0.2, 0) is 0 Å². The third-order valence-electron chi connectivity index (χ3n) is 0.719. The standard InChI is InChI=1S/C4HF6NS/c5-3(6,7)2(11-1-12)4(8,9)10/h1H. The van der Waals surface area contributed by atoms with Crippen LogP contribution in [0.1, 0.15) is 0 Å². The van der Waals surface area contributed by atoms with E-state index in [2.05, 4.69) is 12.2 Å². The lowest BCUT2D eigenvalue weighted by molar-refractivity contribution is -0.117. The summed E-state index contributed by atoms with van der Waals surface area (Å²) in [5.41, 5.74) is -2.82. The van der Waals surface area contributed by atoms with Gasteiger partial charge in [-0.3, -0.25) is 0 Å². The predicted molar refractivity (Wildman–Crippen MR) is 33.2 cm³/mol. The summed E-state index contributed by atoms with van der Waals surface area (Å²) < 4.78 is 68.9. The van der Waals surface area contributed by atoms with Crippen molar-refractivity contribution in [3.05, 3.63) is 0 Å². The van der Waals surface area contributed by atoms with E-state index < -0.39 is 18.1 Å². The van der Waals surface area contributed by atoms with Gasteiger partial charge in [-0.1, -0.05) is 12.2 Å². The second-order valence-corrected chi connectivity index (χ2v) is 1.79. The number of thiocarbonyl (C=S) groups is 1. The maximum atomic E-state index is 11.5. The molecule has 8 heteroatoms. The van der Waals surface area contributed by atoms with Crippen molar-refractivity contribution in [1.29, 1.82) is 0 Å². The molecule has 0 spiro atoms. The lowest BCUT2D eigenvalue weighted by Gasteiger charge is -2.11. The summed E-state index contributed by atoms with van der Waals surface area (Å²) in [6.07, 6.45) is -11.0. The van der Waals surface area contributed by atoms with Crippen molar-refractivity contribution in [2.45, 2.75) is 12.4 Å². The predicted octanol–water partition coefficient (Wildman–Crippen LogP) is 2.51. The zero-order valence-corrected chi connectivity index (χ0v) is 6.02. The van der Waals surface area contributed by atoms with E-state index in [1.54, 1.807) is 0 Å². The summed E-state index contributed by atoms with van der Waals surface area (Å²) >= 11 is 3.75. The number of rotatable bonds is 1. The van der Waals surface area contributed by atoms with Gasteiger partial charge in [0.2, 0.25) is 5.71 Å². The summed E-state index contributed by atoms with van der Waals surface area (Å²) in [6, 6.07) is 0. The van der Waals surface area contributed by atoms with E-state index in [-0.39, 0.29) is 5.49 Å². The molecule has 0 unspecified atom stereocenters. The molecular weight excluding hydrogens is 208 g/mol. The van der Waals surface area contributed by atoms with Crippen molar-refractivity contribution in [1.82, 2.24) is 0 Å². The van der Waals surface area contributed by atoms with Gasteiger partial charge in [0.25, 0.3) is 0 Å². The van der Waals surface area contributed by atoms with Crippen LogP contribution in [0, 0.1) is 0 Å². The minimum atomic E-state index is -5.52. The topological polar surface area (TPSA) is 12.4 Å². The molecule has 0 aromatic carbocycles. The number of hydrogen-bond acceptors (Lipinski definition) is 1. The molecule has 0 heterocycles. The molecule has 0 saturated heterocycles. The van der Waals surface area contributed by atoms with Crippen LogP contribution < -0.4 is 0 Å². The van der Waals surface area contributed by atoms with Crippen LogP contribution in [0.25, 0.3) is 0 Å². The van der Waals surface area contributed by atoms with E-state index in [1.807, 2.05) is 4.99 Å². The van der Waals surface area contributed by atoms with E-state index in [4.69, 9.17) is 0 Å². The highest BCUT2D eigenvalue weighted by atomic mass is 32.1. The van der Waals surface area contributed by atoms with Crippen LogP contribution in [0.2, 0.25) is 0 Å². The average Bonchev–Trinajstić information content (AvgIpc) is 1.77. The molecule has 12 heavy (non-hydrogen) atoms. The molecule has 0 N–H and O–H groups in total. The Balaban J connectivity index is 4.95. The molecule has 0 aromatic heterocycles. The molecule has 0 saturated carbocycles. The first-order chi connectivity index (χ1) is 5.19. The summed E-state index contributed by atoms with van der Waals surface area (Å²) in [7, 11) is 0. The molecule has 1 nitrogen and oxygen atoms in total. The highest BCUT2D eigenvalue weighted by molar-refractivity contribution is 7.78. The highest BCUT2D eigenvalue weighted by Gasteiger charge is 2.52. The highest BCUT2D eigenvalue weighted by Crippen LogP contribution is 2.29. The fourth-order valence-corrected chi connectivity index (χ4v) is 0.465. The van der Waals surface area contributed by atoms with E-state index in [0.717, 1.165) is 0 Å². The van der Waals surface area contributed by atoms with Gasteiger partial charge in [-0.25, -0.2) is 4.99 Å². The largest absolute Gasteiger partial charge is 0.438 e. The molecule has 0 aliphatic rings. The Morgan fingerprint density at radius 3 is 1.42 bits per heavy atom. The first-order valence-electron chi connectivity index (χ1n) is 2.35. The zero-order valence-electron chi connectivity index (χ0n) is 5.20. The second-order valence-electron chi connectivity index (χ2n) is 1.58. The van der Waals surface area contributed by atoms with Crippen molar-refractivity contribution in [2.24, 2.45) is 4.99 Å². The van der Waals surface area contributed by atoms with Crippen molar-refractivity contribution in [3.8, 4) is 0 Å². The van der Waals surface area contributed by atoms with Crippen LogP contribution in [0.5, 0.6) is 0 Å². The lowest BCUT2D eigenvalue weighted by Crippen LogP contribution is -2.37. The molecule has 0 aliphatic carbocycles. The molecule has 0 amide bonds. The molecule has 0 rings (SSSR count). The molecule has 0 bridgehead atoms. The molecular formula is C4HF6NS. The quantitative estimate of drug-likeness (QED) is 0.367. The molecule has 0 fully saturated rings. The summed E-state index contributed by atoms with van der Waals surface area (Å²) in [6.45, 7) is 0. The number of halogens is 6. The van der Waals surface area contributed by atoms with Crippen LogP contribution in [0.3, 0.4) is 0 Å². The normalized spacial score (nSPS) is 12.5. The van der Waals surface area contributed by atoms with Crippen molar-refractivity contribution in [2.75, 3.05) is 0 Å². The Labute approximate surface area is 68.1 Å². The van der Waals surface area contributed by atoms with Crippen molar-refractivity contribution < 1.29 is 26.3 Å². The smallest absolute Gasteiger partial charge is 0.236 e. The number of alkyl halides is 6. The molecule has 0 radical (unpaired) electrons. The SMILES string of the molecule is FC(F)(F)C(=NC=S)C(F)(F)F. The van der Waals surface area contributed by atoms with Gasteiger partial charge in [0, 0.05) is 0 Å². The Bertz CT molecular complexity index is 185. The van der Waals surface area contributed by atoms with Crippen molar-refractivity contribution in [3.63, 3.8) is 0 Å². The fourth-order valence-electron chi connectivity index (χ4n) is 0.360. The Hall–Kier alpha value is -0.660. The van der Waals surface area contributed by atoms with Gasteiger partial charge in [-0.05, 0) is 0 Å². The Morgan fingerprint density at radius 1 is 1.00 bits per heavy atom. The van der Waals surface area contributed by atoms with Gasteiger partial charge in [-0.2, -0.15) is 26.3 Å². The van der Waals surface area contributed by atoms with Crippen LogP contribution in [0.15, 0.2) is 4.99 Å². The van der Waals surface area contributed by atoms with E-state index in [1.165, 1.54) is 0 Å².